The molecule has 0 radical (unpaired) electrons. The van der Waals surface area contributed by atoms with E-state index in [4.69, 9.17) is 11.5 Å². The van der Waals surface area contributed by atoms with Gasteiger partial charge in [0.1, 0.15) is 5.82 Å². The summed E-state index contributed by atoms with van der Waals surface area (Å²) in [4.78, 5) is 28.6. The minimum atomic E-state index is -0.329. The van der Waals surface area contributed by atoms with Crippen LogP contribution in [0.5, 0.6) is 0 Å². The summed E-state index contributed by atoms with van der Waals surface area (Å²) >= 11 is 0. The van der Waals surface area contributed by atoms with Crippen LogP contribution >= 0.6 is 0 Å². The molecule has 6 N–H and O–H groups in total. The molecule has 30 heavy (non-hydrogen) atoms. The number of hydrogen-bond donors (Lipinski definition) is 4. The SMILES string of the molecule is N/C=C\C=C(/N)NC(=O)c1ccc(-c2cccc3nc(NC(=O)C4CC4)nn23)cc1. The van der Waals surface area contributed by atoms with Crippen molar-refractivity contribution < 1.29 is 9.59 Å². The molecule has 2 heterocycles. The van der Waals surface area contributed by atoms with Crippen molar-refractivity contribution >= 4 is 23.4 Å². The molecule has 0 atom stereocenters. The highest BCUT2D eigenvalue weighted by Crippen LogP contribution is 2.30. The molecule has 3 aromatic rings. The van der Waals surface area contributed by atoms with E-state index in [1.807, 2.05) is 30.3 Å². The van der Waals surface area contributed by atoms with Crippen molar-refractivity contribution in [3.8, 4) is 11.3 Å². The highest BCUT2D eigenvalue weighted by molar-refractivity contribution is 5.95. The van der Waals surface area contributed by atoms with Gasteiger partial charge in [-0.3, -0.25) is 14.9 Å². The molecule has 4 rings (SSSR count). The molecule has 1 aromatic carbocycles. The number of allylic oxidation sites excluding steroid dienone is 2. The maximum absolute atomic E-state index is 12.3. The van der Waals surface area contributed by atoms with E-state index in [-0.39, 0.29) is 29.5 Å². The molecule has 0 bridgehead atoms. The zero-order chi connectivity index (χ0) is 21.1. The molecule has 1 fully saturated rings. The Morgan fingerprint density at radius 1 is 1.13 bits per heavy atom. The minimum Gasteiger partial charge on any atom is -0.405 e. The highest BCUT2D eigenvalue weighted by atomic mass is 16.2. The van der Waals surface area contributed by atoms with E-state index in [9.17, 15) is 9.59 Å². The van der Waals surface area contributed by atoms with Crippen LogP contribution in [0.2, 0.25) is 0 Å². The van der Waals surface area contributed by atoms with Crippen molar-refractivity contribution in [2.75, 3.05) is 5.32 Å². The van der Waals surface area contributed by atoms with Crippen LogP contribution in [-0.2, 0) is 4.79 Å². The number of carbonyl (C=O) groups excluding carboxylic acids is 2. The van der Waals surface area contributed by atoms with Gasteiger partial charge in [-0.05, 0) is 55.5 Å². The standard InChI is InChI=1S/C21H21N7O2/c22-12-2-4-17(23)24-19(29)14-8-6-13(7-9-14)16-3-1-5-18-25-21(27-28(16)18)26-20(30)15-10-11-15/h1-9,12,15H,10-11,22-23H2,(H,24,29)(H,26,27,30)/b12-2-,17-4+. The zero-order valence-corrected chi connectivity index (χ0v) is 16.1. The number of fused-ring (bicyclic) bond motifs is 1. The lowest BCUT2D eigenvalue weighted by Crippen LogP contribution is -2.27. The summed E-state index contributed by atoms with van der Waals surface area (Å²) in [5.74, 6) is 0.177. The molecule has 9 heteroatoms. The van der Waals surface area contributed by atoms with Gasteiger partial charge in [0.15, 0.2) is 5.65 Å². The van der Waals surface area contributed by atoms with E-state index in [1.54, 1.807) is 16.6 Å². The number of hydrogen-bond acceptors (Lipinski definition) is 6. The largest absolute Gasteiger partial charge is 0.405 e. The third kappa shape index (κ3) is 4.14. The lowest BCUT2D eigenvalue weighted by Gasteiger charge is -2.07. The van der Waals surface area contributed by atoms with Gasteiger partial charge in [-0.1, -0.05) is 18.2 Å². The normalized spacial score (nSPS) is 14.2. The smallest absolute Gasteiger partial charge is 0.256 e. The second-order valence-corrected chi connectivity index (χ2v) is 6.92. The van der Waals surface area contributed by atoms with Gasteiger partial charge in [-0.2, -0.15) is 4.98 Å². The van der Waals surface area contributed by atoms with Crippen molar-refractivity contribution in [1.29, 1.82) is 0 Å². The van der Waals surface area contributed by atoms with Crippen molar-refractivity contribution in [1.82, 2.24) is 19.9 Å². The minimum absolute atomic E-state index is 0.0434. The molecule has 152 valence electrons. The molecule has 0 saturated heterocycles. The molecule has 2 aromatic heterocycles. The van der Waals surface area contributed by atoms with Gasteiger partial charge in [0, 0.05) is 17.0 Å². The quantitative estimate of drug-likeness (QED) is 0.462. The molecular formula is C21H21N7O2. The fourth-order valence-corrected chi connectivity index (χ4v) is 2.93. The Morgan fingerprint density at radius 3 is 2.60 bits per heavy atom. The molecule has 0 spiro atoms. The first-order valence-corrected chi connectivity index (χ1v) is 9.47. The lowest BCUT2D eigenvalue weighted by molar-refractivity contribution is -0.117. The van der Waals surface area contributed by atoms with Crippen molar-refractivity contribution in [3.05, 3.63) is 72.2 Å². The van der Waals surface area contributed by atoms with Crippen molar-refractivity contribution in [3.63, 3.8) is 0 Å². The summed E-state index contributed by atoms with van der Waals surface area (Å²) in [6.07, 6.45) is 6.17. The van der Waals surface area contributed by atoms with Gasteiger partial charge >= 0.3 is 0 Å². The Kier molecular flexibility index (Phi) is 5.17. The first-order chi connectivity index (χ1) is 14.5. The maximum atomic E-state index is 12.3. The second kappa shape index (κ2) is 8.08. The third-order valence-corrected chi connectivity index (χ3v) is 4.63. The molecule has 1 saturated carbocycles. The first-order valence-electron chi connectivity index (χ1n) is 9.47. The van der Waals surface area contributed by atoms with Crippen molar-refractivity contribution in [2.45, 2.75) is 12.8 Å². The topological polar surface area (TPSA) is 140 Å². The van der Waals surface area contributed by atoms with Crippen LogP contribution in [0.3, 0.4) is 0 Å². The fraction of sp³-hybridized carbons (Fsp3) is 0.143. The fourth-order valence-electron chi connectivity index (χ4n) is 2.93. The van der Waals surface area contributed by atoms with Crippen LogP contribution in [-0.4, -0.2) is 26.4 Å². The second-order valence-electron chi connectivity index (χ2n) is 6.92. The van der Waals surface area contributed by atoms with Gasteiger partial charge in [0.25, 0.3) is 5.91 Å². The Morgan fingerprint density at radius 2 is 1.90 bits per heavy atom. The van der Waals surface area contributed by atoms with Crippen LogP contribution in [0.25, 0.3) is 16.9 Å². The van der Waals surface area contributed by atoms with Gasteiger partial charge in [0.05, 0.1) is 5.69 Å². The summed E-state index contributed by atoms with van der Waals surface area (Å²) in [7, 11) is 0. The van der Waals surface area contributed by atoms with E-state index in [2.05, 4.69) is 20.7 Å². The number of pyridine rings is 1. The van der Waals surface area contributed by atoms with Crippen LogP contribution in [0.1, 0.15) is 23.2 Å². The van der Waals surface area contributed by atoms with E-state index < -0.39 is 0 Å². The molecular weight excluding hydrogens is 382 g/mol. The predicted octanol–water partition coefficient (Wildman–Crippen LogP) is 1.75. The number of aromatic nitrogens is 3. The van der Waals surface area contributed by atoms with Crippen LogP contribution in [0.4, 0.5) is 5.95 Å². The number of nitrogens with two attached hydrogens (primary N) is 2. The highest BCUT2D eigenvalue weighted by Gasteiger charge is 2.30. The number of nitrogens with zero attached hydrogens (tertiary/aromatic N) is 3. The number of benzene rings is 1. The van der Waals surface area contributed by atoms with Crippen molar-refractivity contribution in [2.24, 2.45) is 17.4 Å². The Bertz CT molecular complexity index is 1160. The van der Waals surface area contributed by atoms with Crippen LogP contribution < -0.4 is 22.1 Å². The number of nitrogens with one attached hydrogen (secondary N) is 2. The third-order valence-electron chi connectivity index (χ3n) is 4.63. The summed E-state index contributed by atoms with van der Waals surface area (Å²) in [6, 6.07) is 12.6. The molecule has 0 aliphatic heterocycles. The first kappa shape index (κ1) is 19.2. The molecule has 1 aliphatic rings. The summed E-state index contributed by atoms with van der Waals surface area (Å²) < 4.78 is 1.66. The summed E-state index contributed by atoms with van der Waals surface area (Å²) in [6.45, 7) is 0. The number of anilines is 1. The average molecular weight is 403 g/mol. The van der Waals surface area contributed by atoms with Gasteiger partial charge in [0.2, 0.25) is 11.9 Å². The maximum Gasteiger partial charge on any atom is 0.256 e. The van der Waals surface area contributed by atoms with Gasteiger partial charge in [-0.25, -0.2) is 4.52 Å². The van der Waals surface area contributed by atoms with Crippen LogP contribution in [0, 0.1) is 5.92 Å². The van der Waals surface area contributed by atoms with Gasteiger partial charge in [-0.15, -0.1) is 5.10 Å². The van der Waals surface area contributed by atoms with E-state index in [0.717, 1.165) is 24.1 Å². The molecule has 2 amide bonds. The average Bonchev–Trinajstić information content (AvgIpc) is 3.52. The van der Waals surface area contributed by atoms with E-state index in [1.165, 1.54) is 18.4 Å². The number of amides is 2. The number of rotatable bonds is 6. The van der Waals surface area contributed by atoms with Crippen LogP contribution in [0.15, 0.2) is 66.6 Å². The summed E-state index contributed by atoms with van der Waals surface area (Å²) in [5, 5.41) is 9.76. The molecule has 1 aliphatic carbocycles. The Labute approximate surface area is 172 Å². The predicted molar refractivity (Wildman–Crippen MR) is 113 cm³/mol. The van der Waals surface area contributed by atoms with Gasteiger partial charge < -0.3 is 16.8 Å². The molecule has 9 nitrogen and oxygen atoms in total. The summed E-state index contributed by atoms with van der Waals surface area (Å²) in [5.41, 5.74) is 13.7. The zero-order valence-electron chi connectivity index (χ0n) is 16.1. The van der Waals surface area contributed by atoms with E-state index >= 15 is 0 Å². The monoisotopic (exact) mass is 403 g/mol. The Hall–Kier alpha value is -4.14. The Balaban J connectivity index is 1.55. The van der Waals surface area contributed by atoms with E-state index in [0.29, 0.717) is 11.2 Å². The lowest BCUT2D eigenvalue weighted by atomic mass is 10.1. The number of carbonyl (C=O) groups is 2. The molecule has 0 unspecified atom stereocenters.